The molecule has 1 aliphatic heterocycles. The van der Waals surface area contributed by atoms with Crippen molar-refractivity contribution in [1.82, 2.24) is 5.32 Å². The molecule has 1 fully saturated rings. The first-order valence-corrected chi connectivity index (χ1v) is 5.49. The Bertz CT molecular complexity index is 201. The van der Waals surface area contributed by atoms with Crippen molar-refractivity contribution < 1.29 is 9.53 Å². The molecule has 1 unspecified atom stereocenters. The average Bonchev–Trinajstić information content (AvgIpc) is 2.11. The molecule has 1 atom stereocenters. The highest BCUT2D eigenvalue weighted by molar-refractivity contribution is 5.76. The lowest BCUT2D eigenvalue weighted by molar-refractivity contribution is -0.154. The minimum absolute atomic E-state index is 0.0647. The molecule has 0 bridgehead atoms. The van der Waals surface area contributed by atoms with Crippen LogP contribution in [0.1, 0.15) is 46.5 Å². The molecule has 3 nitrogen and oxygen atoms in total. The zero-order chi connectivity index (χ0) is 10.6. The second kappa shape index (κ2) is 4.78. The van der Waals surface area contributed by atoms with Crippen molar-refractivity contribution in [3.63, 3.8) is 0 Å². The van der Waals surface area contributed by atoms with E-state index in [1.54, 1.807) is 0 Å². The highest BCUT2D eigenvalue weighted by Gasteiger charge is 2.33. The van der Waals surface area contributed by atoms with Crippen molar-refractivity contribution in [1.29, 1.82) is 0 Å². The Balaban J connectivity index is 2.37. The molecule has 0 aliphatic carbocycles. The number of hydrogen-bond donors (Lipinski definition) is 1. The van der Waals surface area contributed by atoms with Crippen molar-refractivity contribution in [2.45, 2.75) is 58.0 Å². The van der Waals surface area contributed by atoms with Crippen LogP contribution in [0.2, 0.25) is 0 Å². The maximum absolute atomic E-state index is 11.4. The summed E-state index contributed by atoms with van der Waals surface area (Å²) < 4.78 is 5.13. The molecular weight excluding hydrogens is 178 g/mol. The van der Waals surface area contributed by atoms with E-state index in [1.807, 2.05) is 0 Å². The molecule has 0 aromatic heterocycles. The lowest BCUT2D eigenvalue weighted by atomic mass is 10.00. The molecule has 1 heterocycles. The third-order valence-electron chi connectivity index (χ3n) is 2.52. The summed E-state index contributed by atoms with van der Waals surface area (Å²) in [5, 5.41) is 3.33. The Morgan fingerprint density at radius 2 is 2.21 bits per heavy atom. The van der Waals surface area contributed by atoms with Crippen LogP contribution >= 0.6 is 0 Å². The smallest absolute Gasteiger partial charge is 0.323 e. The molecule has 1 saturated heterocycles. The van der Waals surface area contributed by atoms with E-state index in [9.17, 15) is 4.79 Å². The fraction of sp³-hybridized carbons (Fsp3) is 0.909. The largest absolute Gasteiger partial charge is 0.463 e. The van der Waals surface area contributed by atoms with Gasteiger partial charge in [0.25, 0.3) is 0 Å². The van der Waals surface area contributed by atoms with Gasteiger partial charge in [-0.05, 0) is 20.3 Å². The lowest BCUT2D eigenvalue weighted by Crippen LogP contribution is -2.57. The number of hydrogen-bond acceptors (Lipinski definition) is 3. The molecule has 0 amide bonds. The van der Waals surface area contributed by atoms with Gasteiger partial charge in [-0.25, -0.2) is 0 Å². The molecule has 1 N–H and O–H groups in total. The van der Waals surface area contributed by atoms with Crippen molar-refractivity contribution in [2.75, 3.05) is 6.61 Å². The number of rotatable bonds is 4. The second-order valence-corrected chi connectivity index (χ2v) is 4.68. The van der Waals surface area contributed by atoms with Crippen molar-refractivity contribution in [3.05, 3.63) is 0 Å². The predicted octanol–water partition coefficient (Wildman–Crippen LogP) is 1.86. The van der Waals surface area contributed by atoms with E-state index in [0.29, 0.717) is 6.61 Å². The Morgan fingerprint density at radius 3 is 2.86 bits per heavy atom. The molecule has 0 aromatic carbocycles. The van der Waals surface area contributed by atoms with Crippen LogP contribution in [0.15, 0.2) is 0 Å². The van der Waals surface area contributed by atoms with E-state index in [-0.39, 0.29) is 17.6 Å². The van der Waals surface area contributed by atoms with Crippen LogP contribution in [0.4, 0.5) is 0 Å². The first-order valence-electron chi connectivity index (χ1n) is 5.49. The normalized spacial score (nSPS) is 25.9. The Kier molecular flexibility index (Phi) is 3.93. The van der Waals surface area contributed by atoms with Gasteiger partial charge in [0.2, 0.25) is 0 Å². The molecule has 0 radical (unpaired) electrons. The van der Waals surface area contributed by atoms with Crippen LogP contribution < -0.4 is 5.32 Å². The van der Waals surface area contributed by atoms with Crippen LogP contribution in [0.3, 0.4) is 0 Å². The standard InChI is InChI=1S/C11H21NO2/c1-4-5-6-7-9-10(13)14-8-11(2,3)12-9/h9,12H,4-8H2,1-3H3. The van der Waals surface area contributed by atoms with Crippen molar-refractivity contribution >= 4 is 5.97 Å². The lowest BCUT2D eigenvalue weighted by Gasteiger charge is -2.35. The highest BCUT2D eigenvalue weighted by Crippen LogP contribution is 2.15. The van der Waals surface area contributed by atoms with Crippen molar-refractivity contribution in [2.24, 2.45) is 0 Å². The molecular formula is C11H21NO2. The summed E-state index contributed by atoms with van der Waals surface area (Å²) in [5.74, 6) is -0.0829. The summed E-state index contributed by atoms with van der Waals surface area (Å²) in [6.07, 6.45) is 4.37. The SMILES string of the molecule is CCCCCC1NC(C)(C)COC1=O. The Hall–Kier alpha value is -0.570. The molecule has 1 aliphatic rings. The number of ether oxygens (including phenoxy) is 1. The van der Waals surface area contributed by atoms with Crippen LogP contribution in [0.5, 0.6) is 0 Å². The molecule has 0 spiro atoms. The van der Waals surface area contributed by atoms with E-state index >= 15 is 0 Å². The number of morpholine rings is 1. The van der Waals surface area contributed by atoms with Gasteiger partial charge < -0.3 is 4.74 Å². The van der Waals surface area contributed by atoms with E-state index in [4.69, 9.17) is 4.74 Å². The third kappa shape index (κ3) is 3.29. The van der Waals surface area contributed by atoms with Crippen LogP contribution in [0.25, 0.3) is 0 Å². The number of carbonyl (C=O) groups is 1. The number of esters is 1. The maximum atomic E-state index is 11.4. The van der Waals surface area contributed by atoms with Gasteiger partial charge in [0, 0.05) is 5.54 Å². The fourth-order valence-electron chi connectivity index (χ4n) is 1.71. The van der Waals surface area contributed by atoms with Gasteiger partial charge in [0.15, 0.2) is 0 Å². The molecule has 0 saturated carbocycles. The van der Waals surface area contributed by atoms with Crippen LogP contribution in [-0.4, -0.2) is 24.2 Å². The summed E-state index contributed by atoms with van der Waals surface area (Å²) in [5.41, 5.74) is -0.0647. The van der Waals surface area contributed by atoms with Gasteiger partial charge in [0.05, 0.1) is 0 Å². The fourth-order valence-corrected chi connectivity index (χ4v) is 1.71. The number of unbranched alkanes of at least 4 members (excludes halogenated alkanes) is 2. The summed E-state index contributed by atoms with van der Waals surface area (Å²) in [4.78, 5) is 11.4. The van der Waals surface area contributed by atoms with Gasteiger partial charge in [-0.3, -0.25) is 10.1 Å². The number of nitrogens with one attached hydrogen (secondary N) is 1. The molecule has 0 aromatic rings. The summed E-state index contributed by atoms with van der Waals surface area (Å²) in [6, 6.07) is -0.0923. The quantitative estimate of drug-likeness (QED) is 0.555. The third-order valence-corrected chi connectivity index (χ3v) is 2.52. The monoisotopic (exact) mass is 199 g/mol. The summed E-state index contributed by atoms with van der Waals surface area (Å²) in [6.45, 7) is 6.77. The number of cyclic esters (lactones) is 1. The Morgan fingerprint density at radius 1 is 1.50 bits per heavy atom. The van der Waals surface area contributed by atoms with E-state index in [0.717, 1.165) is 12.8 Å². The van der Waals surface area contributed by atoms with Gasteiger partial charge in [-0.2, -0.15) is 0 Å². The van der Waals surface area contributed by atoms with E-state index < -0.39 is 0 Å². The van der Waals surface area contributed by atoms with Crippen LogP contribution in [0, 0.1) is 0 Å². The van der Waals surface area contributed by atoms with Crippen molar-refractivity contribution in [3.8, 4) is 0 Å². The highest BCUT2D eigenvalue weighted by atomic mass is 16.5. The zero-order valence-electron chi connectivity index (χ0n) is 9.43. The number of carbonyl (C=O) groups excluding carboxylic acids is 1. The summed E-state index contributed by atoms with van der Waals surface area (Å²) >= 11 is 0. The van der Waals surface area contributed by atoms with Gasteiger partial charge in [-0.15, -0.1) is 0 Å². The second-order valence-electron chi connectivity index (χ2n) is 4.68. The molecule has 82 valence electrons. The minimum atomic E-state index is -0.0923. The predicted molar refractivity (Wildman–Crippen MR) is 56.1 cm³/mol. The molecule has 14 heavy (non-hydrogen) atoms. The maximum Gasteiger partial charge on any atom is 0.323 e. The van der Waals surface area contributed by atoms with Gasteiger partial charge in [0.1, 0.15) is 12.6 Å². The molecule has 1 rings (SSSR count). The van der Waals surface area contributed by atoms with Gasteiger partial charge >= 0.3 is 5.97 Å². The first-order chi connectivity index (χ1) is 6.55. The average molecular weight is 199 g/mol. The molecule has 3 heteroatoms. The van der Waals surface area contributed by atoms with E-state index in [1.165, 1.54) is 12.8 Å². The zero-order valence-corrected chi connectivity index (χ0v) is 9.43. The van der Waals surface area contributed by atoms with Crippen LogP contribution in [-0.2, 0) is 9.53 Å². The first kappa shape index (κ1) is 11.5. The van der Waals surface area contributed by atoms with E-state index in [2.05, 4.69) is 26.1 Å². The summed E-state index contributed by atoms with van der Waals surface area (Å²) in [7, 11) is 0. The van der Waals surface area contributed by atoms with Gasteiger partial charge in [-0.1, -0.05) is 26.2 Å². The Labute approximate surface area is 86.2 Å². The topological polar surface area (TPSA) is 38.3 Å². The minimum Gasteiger partial charge on any atom is -0.463 e.